The van der Waals surface area contributed by atoms with Crippen LogP contribution in [0.15, 0.2) is 91.1 Å². The average Bonchev–Trinajstić information content (AvgIpc) is 3.17. The Morgan fingerprint density at radius 1 is 0.759 bits per heavy atom. The zero-order valence-corrected chi connectivity index (χ0v) is 34.2. The second kappa shape index (κ2) is 20.0. The molecule has 0 aliphatic carbocycles. The summed E-state index contributed by atoms with van der Waals surface area (Å²) in [4.78, 5) is 30.5. The van der Waals surface area contributed by atoms with Gasteiger partial charge in [0.1, 0.15) is 17.3 Å². The van der Waals surface area contributed by atoms with E-state index in [1.54, 1.807) is 74.0 Å². The third-order valence-corrected chi connectivity index (χ3v) is 9.14. The van der Waals surface area contributed by atoms with Gasteiger partial charge < -0.3 is 45.0 Å². The van der Waals surface area contributed by atoms with Crippen LogP contribution in [0, 0.1) is 0 Å². The monoisotopic (exact) mass is 814 g/mol. The minimum absolute atomic E-state index is 0.169. The van der Waals surface area contributed by atoms with Gasteiger partial charge in [-0.25, -0.2) is 18.2 Å². The Labute approximate surface area is 338 Å². The van der Waals surface area contributed by atoms with Gasteiger partial charge in [0, 0.05) is 47.9 Å². The van der Waals surface area contributed by atoms with Crippen LogP contribution in [0.4, 0.5) is 33.4 Å². The number of pyridine rings is 1. The van der Waals surface area contributed by atoms with Crippen molar-refractivity contribution in [2.75, 3.05) is 80.7 Å². The van der Waals surface area contributed by atoms with Crippen molar-refractivity contribution in [2.24, 2.45) is 0 Å². The van der Waals surface area contributed by atoms with Crippen molar-refractivity contribution in [3.8, 4) is 17.2 Å². The lowest BCUT2D eigenvalue weighted by Gasteiger charge is -2.24. The molecule has 5 rings (SSSR count). The highest BCUT2D eigenvalue weighted by molar-refractivity contribution is 7.92. The van der Waals surface area contributed by atoms with Crippen LogP contribution in [-0.4, -0.2) is 85.4 Å². The molecule has 4 aromatic carbocycles. The summed E-state index contributed by atoms with van der Waals surface area (Å²) in [5, 5.41) is 13.3. The van der Waals surface area contributed by atoms with Crippen LogP contribution in [0.1, 0.15) is 36.7 Å². The number of fused-ring (bicyclic) bond motifs is 1. The van der Waals surface area contributed by atoms with E-state index in [9.17, 15) is 18.0 Å². The SMILES string of the molecule is COCCOCCOCCNC(=O)c1ccc(Nc2cc(Oc3ccc(NC(=O)Nc4cc(C(C)(C)C)cc(NS(C)(=O)=O)c4OC)c4ccccc34)ccn2)cc1. The molecule has 15 nitrogen and oxygen atoms in total. The fourth-order valence-corrected chi connectivity index (χ4v) is 6.27. The molecule has 0 aliphatic rings. The third kappa shape index (κ3) is 12.5. The molecule has 3 amide bonds. The lowest BCUT2D eigenvalue weighted by molar-refractivity contribution is 0.0255. The molecule has 0 aliphatic heterocycles. The smallest absolute Gasteiger partial charge is 0.323 e. The molecule has 0 saturated heterocycles. The minimum atomic E-state index is -3.64. The number of ether oxygens (including phenoxy) is 5. The van der Waals surface area contributed by atoms with Gasteiger partial charge in [0.05, 0.1) is 63.5 Å². The Morgan fingerprint density at radius 3 is 2.12 bits per heavy atom. The molecular weight excluding hydrogens is 765 g/mol. The van der Waals surface area contributed by atoms with E-state index in [0.717, 1.165) is 28.3 Å². The highest BCUT2D eigenvalue weighted by Gasteiger charge is 2.22. The largest absolute Gasteiger partial charge is 0.492 e. The van der Waals surface area contributed by atoms with Crippen molar-refractivity contribution in [3.63, 3.8) is 0 Å². The molecule has 16 heteroatoms. The van der Waals surface area contributed by atoms with Crippen LogP contribution >= 0.6 is 0 Å². The van der Waals surface area contributed by atoms with Gasteiger partial charge >= 0.3 is 6.03 Å². The number of benzene rings is 4. The van der Waals surface area contributed by atoms with E-state index in [1.165, 1.54) is 7.11 Å². The number of carbonyl (C=O) groups excluding carboxylic acids is 2. The van der Waals surface area contributed by atoms with Crippen LogP contribution in [0.2, 0.25) is 0 Å². The first-order chi connectivity index (χ1) is 27.7. The Bertz CT molecular complexity index is 2300. The number of nitrogens with zero attached hydrogens (tertiary/aromatic N) is 1. The highest BCUT2D eigenvalue weighted by Crippen LogP contribution is 2.40. The van der Waals surface area contributed by atoms with E-state index in [0.29, 0.717) is 73.8 Å². The quantitative estimate of drug-likeness (QED) is 0.0520. The van der Waals surface area contributed by atoms with Gasteiger partial charge in [-0.1, -0.05) is 45.0 Å². The summed E-state index contributed by atoms with van der Waals surface area (Å²) in [5.74, 6) is 1.55. The van der Waals surface area contributed by atoms with Gasteiger partial charge in [-0.2, -0.15) is 0 Å². The van der Waals surface area contributed by atoms with Crippen LogP contribution in [0.5, 0.6) is 17.2 Å². The second-order valence-corrected chi connectivity index (χ2v) is 15.9. The van der Waals surface area contributed by atoms with Gasteiger partial charge in [0.25, 0.3) is 5.91 Å². The summed E-state index contributed by atoms with van der Waals surface area (Å²) in [5.41, 5.74) is 2.66. The van der Waals surface area contributed by atoms with E-state index in [2.05, 4.69) is 31.0 Å². The Kier molecular flexibility index (Phi) is 14.9. The van der Waals surface area contributed by atoms with Crippen molar-refractivity contribution >= 4 is 61.3 Å². The topological polar surface area (TPSA) is 187 Å². The van der Waals surface area contributed by atoms with Crippen LogP contribution in [-0.2, 0) is 29.6 Å². The molecule has 1 heterocycles. The molecular formula is C42H50N6O9S. The predicted octanol–water partition coefficient (Wildman–Crippen LogP) is 7.50. The first-order valence-corrected chi connectivity index (χ1v) is 20.4. The molecule has 5 N–H and O–H groups in total. The van der Waals surface area contributed by atoms with Crippen LogP contribution in [0.25, 0.3) is 10.8 Å². The summed E-state index contributed by atoms with van der Waals surface area (Å²) >= 11 is 0. The Balaban J connectivity index is 1.22. The van der Waals surface area contributed by atoms with Crippen LogP contribution < -0.4 is 35.5 Å². The molecule has 0 radical (unpaired) electrons. The normalized spacial score (nSPS) is 11.5. The molecule has 0 bridgehead atoms. The van der Waals surface area contributed by atoms with Gasteiger partial charge in [0.2, 0.25) is 10.0 Å². The first kappa shape index (κ1) is 43.2. The molecule has 58 heavy (non-hydrogen) atoms. The van der Waals surface area contributed by atoms with Gasteiger partial charge in [-0.05, 0) is 65.6 Å². The Hall–Kier alpha value is -5.94. The van der Waals surface area contributed by atoms with Crippen molar-refractivity contribution in [3.05, 3.63) is 102 Å². The molecule has 0 fully saturated rings. The van der Waals surface area contributed by atoms with E-state index >= 15 is 0 Å². The third-order valence-electron chi connectivity index (χ3n) is 8.55. The molecule has 0 unspecified atom stereocenters. The van der Waals surface area contributed by atoms with E-state index < -0.39 is 16.1 Å². The van der Waals surface area contributed by atoms with E-state index in [-0.39, 0.29) is 22.8 Å². The minimum Gasteiger partial charge on any atom is -0.492 e. The maximum Gasteiger partial charge on any atom is 0.323 e. The standard InChI is InChI=1S/C42H50N6O9S/c1-42(2,3)29-25-35(39(54-5)36(26-29)48-58(6,51)52)47-41(50)46-34-15-16-37(33-10-8-7-9-32(33)34)57-31-17-18-43-38(27-31)45-30-13-11-28(12-14-30)40(49)44-19-20-55-23-24-56-22-21-53-4/h7-18,25-27,48H,19-24H2,1-6H3,(H,43,45)(H,44,49)(H2,46,47,50). The number of amides is 3. The molecule has 5 aromatic rings. The van der Waals surface area contributed by atoms with E-state index in [1.807, 2.05) is 45.0 Å². The maximum atomic E-state index is 13.5. The van der Waals surface area contributed by atoms with Crippen LogP contribution in [0.3, 0.4) is 0 Å². The van der Waals surface area contributed by atoms with Crippen molar-refractivity contribution < 1.29 is 41.7 Å². The van der Waals surface area contributed by atoms with Crippen molar-refractivity contribution in [2.45, 2.75) is 26.2 Å². The fourth-order valence-electron chi connectivity index (χ4n) is 5.72. The number of nitrogens with one attached hydrogen (secondary N) is 5. The zero-order chi connectivity index (χ0) is 41.7. The van der Waals surface area contributed by atoms with Gasteiger partial charge in [0.15, 0.2) is 5.75 Å². The number of anilines is 5. The summed E-state index contributed by atoms with van der Waals surface area (Å²) in [7, 11) is -0.620. The summed E-state index contributed by atoms with van der Waals surface area (Å²) in [6, 6.07) is 24.4. The number of urea groups is 1. The number of hydrogen-bond acceptors (Lipinski definition) is 11. The predicted molar refractivity (Wildman–Crippen MR) is 227 cm³/mol. The van der Waals surface area contributed by atoms with Crippen molar-refractivity contribution in [1.82, 2.24) is 10.3 Å². The number of carbonyl (C=O) groups is 2. The number of hydrogen-bond donors (Lipinski definition) is 5. The fraction of sp³-hybridized carbons (Fsp3) is 0.310. The zero-order valence-electron chi connectivity index (χ0n) is 33.4. The number of aromatic nitrogens is 1. The van der Waals surface area contributed by atoms with Gasteiger partial charge in [-0.15, -0.1) is 0 Å². The maximum absolute atomic E-state index is 13.5. The Morgan fingerprint density at radius 2 is 1.43 bits per heavy atom. The van der Waals surface area contributed by atoms with Crippen molar-refractivity contribution in [1.29, 1.82) is 0 Å². The molecule has 0 spiro atoms. The molecule has 0 atom stereocenters. The highest BCUT2D eigenvalue weighted by atomic mass is 32.2. The average molecular weight is 815 g/mol. The second-order valence-electron chi connectivity index (χ2n) is 14.1. The number of methoxy groups -OCH3 is 2. The lowest BCUT2D eigenvalue weighted by atomic mass is 9.86. The molecule has 0 saturated carbocycles. The van der Waals surface area contributed by atoms with Gasteiger partial charge in [-0.3, -0.25) is 9.52 Å². The number of sulfonamides is 1. The van der Waals surface area contributed by atoms with E-state index in [4.69, 9.17) is 23.7 Å². The first-order valence-electron chi connectivity index (χ1n) is 18.5. The number of rotatable bonds is 19. The summed E-state index contributed by atoms with van der Waals surface area (Å²) < 4.78 is 54.4. The molecule has 308 valence electrons. The summed E-state index contributed by atoms with van der Waals surface area (Å²) in [6.45, 7) is 8.63. The molecule has 1 aromatic heterocycles. The lowest BCUT2D eigenvalue weighted by Crippen LogP contribution is -2.27. The summed E-state index contributed by atoms with van der Waals surface area (Å²) in [6.07, 6.45) is 2.67.